The highest BCUT2D eigenvalue weighted by Crippen LogP contribution is 2.32. The van der Waals surface area contributed by atoms with Gasteiger partial charge in [0.05, 0.1) is 0 Å². The maximum absolute atomic E-state index is 13.6. The number of hydrogen-bond acceptors (Lipinski definition) is 1. The lowest BCUT2D eigenvalue weighted by Gasteiger charge is -2.20. The van der Waals surface area contributed by atoms with E-state index in [-0.39, 0.29) is 5.82 Å². The van der Waals surface area contributed by atoms with Crippen molar-refractivity contribution in [2.45, 2.75) is 39.7 Å². The summed E-state index contributed by atoms with van der Waals surface area (Å²) in [5, 5.41) is 3.58. The third kappa shape index (κ3) is 2.68. The van der Waals surface area contributed by atoms with Gasteiger partial charge in [0.15, 0.2) is 0 Å². The number of nitrogens with one attached hydrogen (secondary N) is 1. The Balaban J connectivity index is 2.00. The molecular weight excluding hydrogens is 213 g/mol. The average molecular weight is 235 g/mol. The van der Waals surface area contributed by atoms with E-state index in [9.17, 15) is 4.39 Å². The topological polar surface area (TPSA) is 12.0 Å². The highest BCUT2D eigenvalue weighted by atomic mass is 19.1. The third-order valence-corrected chi connectivity index (χ3v) is 4.04. The van der Waals surface area contributed by atoms with Gasteiger partial charge in [0.25, 0.3) is 0 Å². The van der Waals surface area contributed by atoms with Crippen LogP contribution in [0.4, 0.5) is 4.39 Å². The largest absolute Gasteiger partial charge is 0.310 e. The molecule has 1 aromatic rings. The molecule has 0 spiro atoms. The van der Waals surface area contributed by atoms with E-state index in [1.807, 2.05) is 6.07 Å². The molecule has 1 N–H and O–H groups in total. The van der Waals surface area contributed by atoms with Crippen molar-refractivity contribution in [3.05, 3.63) is 35.1 Å². The van der Waals surface area contributed by atoms with Crippen molar-refractivity contribution < 1.29 is 4.39 Å². The molecule has 0 saturated carbocycles. The maximum Gasteiger partial charge on any atom is 0.126 e. The summed E-state index contributed by atoms with van der Waals surface area (Å²) in [6, 6.07) is 5.79. The highest BCUT2D eigenvalue weighted by Gasteiger charge is 2.24. The lowest BCUT2D eigenvalue weighted by atomic mass is 9.97. The molecule has 2 unspecified atom stereocenters. The summed E-state index contributed by atoms with van der Waals surface area (Å²) in [5.41, 5.74) is 2.09. The first-order valence-electron chi connectivity index (χ1n) is 6.60. The molecule has 0 amide bonds. The SMILES string of the molecule is CC(C)C(C)CNC1CCc2c(F)cccc21. The Hall–Kier alpha value is -0.890. The fourth-order valence-electron chi connectivity index (χ4n) is 2.39. The van der Waals surface area contributed by atoms with Gasteiger partial charge >= 0.3 is 0 Å². The van der Waals surface area contributed by atoms with Crippen LogP contribution >= 0.6 is 0 Å². The van der Waals surface area contributed by atoms with E-state index in [0.29, 0.717) is 17.9 Å². The van der Waals surface area contributed by atoms with Gasteiger partial charge in [0, 0.05) is 6.04 Å². The Bertz CT molecular complexity index is 387. The van der Waals surface area contributed by atoms with Crippen LogP contribution in [0.15, 0.2) is 18.2 Å². The van der Waals surface area contributed by atoms with Gasteiger partial charge in [-0.1, -0.05) is 32.9 Å². The molecule has 17 heavy (non-hydrogen) atoms. The molecule has 0 heterocycles. The summed E-state index contributed by atoms with van der Waals surface area (Å²) >= 11 is 0. The van der Waals surface area contributed by atoms with Crippen molar-refractivity contribution in [2.75, 3.05) is 6.54 Å². The monoisotopic (exact) mass is 235 g/mol. The van der Waals surface area contributed by atoms with Crippen LogP contribution in [0.1, 0.15) is 44.4 Å². The van der Waals surface area contributed by atoms with Crippen LogP contribution in [-0.4, -0.2) is 6.54 Å². The Kier molecular flexibility index (Phi) is 3.82. The summed E-state index contributed by atoms with van der Waals surface area (Å²) in [6.45, 7) is 7.76. The molecule has 1 nitrogen and oxygen atoms in total. The minimum absolute atomic E-state index is 0.0382. The van der Waals surface area contributed by atoms with Gasteiger partial charge in [-0.25, -0.2) is 4.39 Å². The van der Waals surface area contributed by atoms with E-state index in [0.717, 1.165) is 24.9 Å². The maximum atomic E-state index is 13.6. The fourth-order valence-corrected chi connectivity index (χ4v) is 2.39. The minimum Gasteiger partial charge on any atom is -0.310 e. The lowest BCUT2D eigenvalue weighted by molar-refractivity contribution is 0.368. The van der Waals surface area contributed by atoms with Crippen LogP contribution in [0.2, 0.25) is 0 Å². The molecule has 0 aromatic heterocycles. The Morgan fingerprint density at radius 3 is 2.82 bits per heavy atom. The second kappa shape index (κ2) is 5.18. The molecule has 0 fully saturated rings. The molecule has 94 valence electrons. The molecule has 1 aliphatic rings. The van der Waals surface area contributed by atoms with E-state index >= 15 is 0 Å². The molecule has 0 aliphatic heterocycles. The van der Waals surface area contributed by atoms with Crippen molar-refractivity contribution in [1.82, 2.24) is 5.32 Å². The van der Waals surface area contributed by atoms with Crippen LogP contribution < -0.4 is 5.32 Å². The smallest absolute Gasteiger partial charge is 0.126 e. The number of fused-ring (bicyclic) bond motifs is 1. The van der Waals surface area contributed by atoms with Crippen molar-refractivity contribution >= 4 is 0 Å². The number of hydrogen-bond donors (Lipinski definition) is 1. The highest BCUT2D eigenvalue weighted by molar-refractivity contribution is 5.35. The minimum atomic E-state index is -0.0382. The lowest BCUT2D eigenvalue weighted by Crippen LogP contribution is -2.27. The molecule has 0 radical (unpaired) electrons. The molecular formula is C15H22FN. The number of halogens is 1. The number of benzene rings is 1. The second-order valence-electron chi connectivity index (χ2n) is 5.53. The van der Waals surface area contributed by atoms with Crippen molar-refractivity contribution in [3.63, 3.8) is 0 Å². The molecule has 0 bridgehead atoms. The summed E-state index contributed by atoms with van der Waals surface area (Å²) in [7, 11) is 0. The molecule has 2 rings (SSSR count). The first kappa shape index (κ1) is 12.6. The van der Waals surface area contributed by atoms with Crippen LogP contribution in [0, 0.1) is 17.7 Å². The molecule has 2 atom stereocenters. The van der Waals surface area contributed by atoms with Crippen molar-refractivity contribution in [1.29, 1.82) is 0 Å². The Morgan fingerprint density at radius 2 is 2.12 bits per heavy atom. The van der Waals surface area contributed by atoms with Crippen molar-refractivity contribution in [2.24, 2.45) is 11.8 Å². The second-order valence-corrected chi connectivity index (χ2v) is 5.53. The normalized spacial score (nSPS) is 20.6. The van der Waals surface area contributed by atoms with Gasteiger partial charge in [0.2, 0.25) is 0 Å². The Labute approximate surface area is 103 Å². The van der Waals surface area contributed by atoms with E-state index < -0.39 is 0 Å². The van der Waals surface area contributed by atoms with E-state index in [1.165, 1.54) is 5.56 Å². The van der Waals surface area contributed by atoms with Gasteiger partial charge in [-0.05, 0) is 48.4 Å². The summed E-state index contributed by atoms with van der Waals surface area (Å²) in [5.74, 6) is 1.31. The van der Waals surface area contributed by atoms with Gasteiger partial charge < -0.3 is 5.32 Å². The predicted octanol–water partition coefficient (Wildman–Crippen LogP) is 3.69. The zero-order valence-electron chi connectivity index (χ0n) is 11.0. The molecule has 0 saturated heterocycles. The van der Waals surface area contributed by atoms with Gasteiger partial charge in [-0.15, -0.1) is 0 Å². The third-order valence-electron chi connectivity index (χ3n) is 4.04. The number of rotatable bonds is 4. The van der Waals surface area contributed by atoms with Crippen molar-refractivity contribution in [3.8, 4) is 0 Å². The summed E-state index contributed by atoms with van der Waals surface area (Å²) in [6.07, 6.45) is 1.90. The van der Waals surface area contributed by atoms with Gasteiger partial charge in [-0.2, -0.15) is 0 Å². The Morgan fingerprint density at radius 1 is 1.35 bits per heavy atom. The zero-order valence-corrected chi connectivity index (χ0v) is 11.0. The van der Waals surface area contributed by atoms with Crippen LogP contribution in [-0.2, 0) is 6.42 Å². The predicted molar refractivity (Wildman–Crippen MR) is 69.5 cm³/mol. The first-order chi connectivity index (χ1) is 8.09. The molecule has 1 aromatic carbocycles. The van der Waals surface area contributed by atoms with Gasteiger partial charge in [-0.3, -0.25) is 0 Å². The molecule has 1 aliphatic carbocycles. The fraction of sp³-hybridized carbons (Fsp3) is 0.600. The first-order valence-corrected chi connectivity index (χ1v) is 6.60. The standard InChI is InChI=1S/C15H22FN/c1-10(2)11(3)9-17-15-8-7-12-13(15)5-4-6-14(12)16/h4-6,10-11,15,17H,7-9H2,1-3H3. The van der Waals surface area contributed by atoms with Crippen LogP contribution in [0.25, 0.3) is 0 Å². The summed E-state index contributed by atoms with van der Waals surface area (Å²) in [4.78, 5) is 0. The summed E-state index contributed by atoms with van der Waals surface area (Å²) < 4.78 is 13.6. The van der Waals surface area contributed by atoms with E-state index in [2.05, 4.69) is 32.2 Å². The molecule has 2 heteroatoms. The van der Waals surface area contributed by atoms with E-state index in [1.54, 1.807) is 6.07 Å². The zero-order chi connectivity index (χ0) is 12.4. The van der Waals surface area contributed by atoms with Crippen LogP contribution in [0.3, 0.4) is 0 Å². The quantitative estimate of drug-likeness (QED) is 0.839. The van der Waals surface area contributed by atoms with Gasteiger partial charge in [0.1, 0.15) is 5.82 Å². The van der Waals surface area contributed by atoms with E-state index in [4.69, 9.17) is 0 Å². The van der Waals surface area contributed by atoms with Crippen LogP contribution in [0.5, 0.6) is 0 Å². The average Bonchev–Trinajstić information content (AvgIpc) is 2.70.